The van der Waals surface area contributed by atoms with Gasteiger partial charge in [0.15, 0.2) is 5.82 Å². The van der Waals surface area contributed by atoms with Crippen LogP contribution in [0.15, 0.2) is 40.6 Å². The molecule has 4 rings (SSSR count). The summed E-state index contributed by atoms with van der Waals surface area (Å²) < 4.78 is 0. The van der Waals surface area contributed by atoms with E-state index in [1.807, 2.05) is 29.2 Å². The van der Waals surface area contributed by atoms with Gasteiger partial charge in [0.2, 0.25) is 11.9 Å². The van der Waals surface area contributed by atoms with Crippen LogP contribution in [0.3, 0.4) is 0 Å². The first-order valence-electron chi connectivity index (χ1n) is 8.14. The average molecular weight is 324 g/mol. The molecule has 2 aromatic rings. The first-order chi connectivity index (χ1) is 11.7. The van der Waals surface area contributed by atoms with Crippen LogP contribution in [-0.4, -0.2) is 32.8 Å². The number of guanidine groups is 2. The van der Waals surface area contributed by atoms with Crippen LogP contribution in [0.25, 0.3) is 11.4 Å². The normalized spacial score (nSPS) is 19.9. The van der Waals surface area contributed by atoms with E-state index in [1.54, 1.807) is 0 Å². The monoisotopic (exact) mass is 324 g/mol. The van der Waals surface area contributed by atoms with Crippen molar-refractivity contribution < 1.29 is 0 Å². The molecule has 1 aliphatic heterocycles. The number of nitrogens with two attached hydrogens (primary N) is 2. The maximum atomic E-state index is 6.30. The second-order valence-electron chi connectivity index (χ2n) is 6.17. The van der Waals surface area contributed by atoms with E-state index in [9.17, 15) is 0 Å². The van der Waals surface area contributed by atoms with Gasteiger partial charge in [0.25, 0.3) is 0 Å². The van der Waals surface area contributed by atoms with Crippen molar-refractivity contribution in [2.75, 3.05) is 4.90 Å². The molecular weight excluding hydrogens is 304 g/mol. The number of benzene rings is 1. The van der Waals surface area contributed by atoms with Crippen molar-refractivity contribution in [1.82, 2.24) is 15.2 Å². The molecule has 0 atom stereocenters. The standard InChI is InChI=1S/C16H20N8/c17-14-21-15(18)24(16(22-14)8-4-1-5-9-16)12-7-3-2-6-11(12)13-19-10-20-23-13/h2-3,6-7,10H,1,4-5,8-9H2,(H,19,20,23)(H4,17,18,21,22). The molecule has 0 bridgehead atoms. The third kappa shape index (κ3) is 2.31. The van der Waals surface area contributed by atoms with E-state index in [0.717, 1.165) is 36.9 Å². The van der Waals surface area contributed by atoms with Crippen LogP contribution in [0.2, 0.25) is 0 Å². The highest BCUT2D eigenvalue weighted by Gasteiger charge is 2.43. The van der Waals surface area contributed by atoms with Crippen molar-refractivity contribution in [3.8, 4) is 11.4 Å². The lowest BCUT2D eigenvalue weighted by atomic mass is 9.87. The summed E-state index contributed by atoms with van der Waals surface area (Å²) in [5.41, 5.74) is 13.6. The van der Waals surface area contributed by atoms with Gasteiger partial charge in [-0.2, -0.15) is 10.1 Å². The lowest BCUT2D eigenvalue weighted by Crippen LogP contribution is -2.58. The molecule has 1 aliphatic carbocycles. The topological polar surface area (TPSA) is 122 Å². The van der Waals surface area contributed by atoms with Gasteiger partial charge >= 0.3 is 0 Å². The SMILES string of the molecule is NC1=NC2(CCCCC2)N(c2ccccc2-c2ncn[nH]2)C(N)=N1. The van der Waals surface area contributed by atoms with Crippen LogP contribution in [0.4, 0.5) is 5.69 Å². The van der Waals surface area contributed by atoms with Gasteiger partial charge < -0.3 is 11.5 Å². The number of anilines is 1. The van der Waals surface area contributed by atoms with Gasteiger partial charge in [0.1, 0.15) is 12.0 Å². The first-order valence-corrected chi connectivity index (χ1v) is 8.14. The maximum absolute atomic E-state index is 6.30. The summed E-state index contributed by atoms with van der Waals surface area (Å²) in [5.74, 6) is 1.31. The molecule has 1 spiro atoms. The fourth-order valence-electron chi connectivity index (χ4n) is 3.67. The molecule has 8 nitrogen and oxygen atoms in total. The third-order valence-electron chi connectivity index (χ3n) is 4.67. The summed E-state index contributed by atoms with van der Waals surface area (Å²) in [6.45, 7) is 0. The number of nitrogens with one attached hydrogen (secondary N) is 1. The minimum Gasteiger partial charge on any atom is -0.369 e. The molecule has 2 aliphatic rings. The molecule has 0 saturated heterocycles. The minimum atomic E-state index is -0.468. The van der Waals surface area contributed by atoms with E-state index in [0.29, 0.717) is 11.8 Å². The lowest BCUT2D eigenvalue weighted by molar-refractivity contribution is 0.305. The first kappa shape index (κ1) is 14.7. The maximum Gasteiger partial charge on any atom is 0.220 e. The number of rotatable bonds is 2. The molecule has 124 valence electrons. The largest absolute Gasteiger partial charge is 0.369 e. The number of para-hydroxylation sites is 1. The van der Waals surface area contributed by atoms with Crippen LogP contribution >= 0.6 is 0 Å². The number of hydrogen-bond acceptors (Lipinski definition) is 7. The Morgan fingerprint density at radius 2 is 1.88 bits per heavy atom. The molecule has 0 unspecified atom stereocenters. The van der Waals surface area contributed by atoms with E-state index in [1.165, 1.54) is 12.7 Å². The fourth-order valence-corrected chi connectivity index (χ4v) is 3.67. The molecule has 24 heavy (non-hydrogen) atoms. The Morgan fingerprint density at radius 1 is 1.08 bits per heavy atom. The second-order valence-corrected chi connectivity index (χ2v) is 6.17. The van der Waals surface area contributed by atoms with Crippen LogP contribution in [0.5, 0.6) is 0 Å². The quantitative estimate of drug-likeness (QED) is 0.774. The predicted molar refractivity (Wildman–Crippen MR) is 93.4 cm³/mol. The van der Waals surface area contributed by atoms with Crippen LogP contribution in [0, 0.1) is 0 Å². The third-order valence-corrected chi connectivity index (χ3v) is 4.67. The van der Waals surface area contributed by atoms with Crippen molar-refractivity contribution in [1.29, 1.82) is 0 Å². The van der Waals surface area contributed by atoms with E-state index in [-0.39, 0.29) is 5.96 Å². The zero-order chi connectivity index (χ0) is 16.6. The van der Waals surface area contributed by atoms with E-state index < -0.39 is 5.66 Å². The zero-order valence-corrected chi connectivity index (χ0v) is 13.3. The summed E-state index contributed by atoms with van der Waals surface area (Å²) in [4.78, 5) is 15.2. The van der Waals surface area contributed by atoms with E-state index in [4.69, 9.17) is 16.5 Å². The minimum absolute atomic E-state index is 0.253. The summed E-state index contributed by atoms with van der Waals surface area (Å²) in [7, 11) is 0. The highest BCUT2D eigenvalue weighted by molar-refractivity contribution is 6.07. The van der Waals surface area contributed by atoms with Gasteiger partial charge in [-0.05, 0) is 37.8 Å². The molecule has 0 amide bonds. The van der Waals surface area contributed by atoms with Gasteiger partial charge in [-0.15, -0.1) is 0 Å². The number of hydrogen-bond donors (Lipinski definition) is 3. The summed E-state index contributed by atoms with van der Waals surface area (Å²) in [5, 5.41) is 6.88. The number of H-pyrrole nitrogens is 1. The Kier molecular flexibility index (Phi) is 3.44. The van der Waals surface area contributed by atoms with Crippen molar-refractivity contribution in [2.24, 2.45) is 21.5 Å². The molecule has 1 saturated carbocycles. The van der Waals surface area contributed by atoms with Crippen molar-refractivity contribution in [3.63, 3.8) is 0 Å². The van der Waals surface area contributed by atoms with Crippen LogP contribution in [-0.2, 0) is 0 Å². The Morgan fingerprint density at radius 3 is 2.62 bits per heavy atom. The Labute approximate surface area is 139 Å². The van der Waals surface area contributed by atoms with Gasteiger partial charge in [0.05, 0.1) is 5.69 Å². The van der Waals surface area contributed by atoms with Crippen molar-refractivity contribution in [2.45, 2.75) is 37.8 Å². The van der Waals surface area contributed by atoms with Gasteiger partial charge in [-0.3, -0.25) is 10.00 Å². The molecule has 1 fully saturated rings. The van der Waals surface area contributed by atoms with Crippen LogP contribution in [0.1, 0.15) is 32.1 Å². The highest BCUT2D eigenvalue weighted by atomic mass is 15.4. The number of aliphatic imine (C=N–C) groups is 2. The molecule has 2 heterocycles. The Balaban J connectivity index is 1.87. The zero-order valence-electron chi connectivity index (χ0n) is 13.3. The number of nitrogens with zero attached hydrogens (tertiary/aromatic N) is 5. The molecule has 1 aromatic heterocycles. The van der Waals surface area contributed by atoms with Crippen LogP contribution < -0.4 is 16.4 Å². The van der Waals surface area contributed by atoms with Gasteiger partial charge in [-0.1, -0.05) is 18.6 Å². The molecule has 5 N–H and O–H groups in total. The average Bonchev–Trinajstić information content (AvgIpc) is 3.09. The predicted octanol–water partition coefficient (Wildman–Crippen LogP) is 1.58. The smallest absolute Gasteiger partial charge is 0.220 e. The lowest BCUT2D eigenvalue weighted by Gasteiger charge is -2.46. The van der Waals surface area contributed by atoms with Gasteiger partial charge in [0, 0.05) is 5.56 Å². The number of aromatic nitrogens is 3. The van der Waals surface area contributed by atoms with Crippen molar-refractivity contribution in [3.05, 3.63) is 30.6 Å². The van der Waals surface area contributed by atoms with E-state index in [2.05, 4.69) is 20.2 Å². The fraction of sp³-hybridized carbons (Fsp3) is 0.375. The molecule has 8 heteroatoms. The summed E-state index contributed by atoms with van der Waals surface area (Å²) in [6.07, 6.45) is 6.66. The molecular formula is C16H20N8. The second kappa shape index (κ2) is 5.63. The Hall–Kier alpha value is -2.90. The van der Waals surface area contributed by atoms with Crippen molar-refractivity contribution >= 4 is 17.6 Å². The van der Waals surface area contributed by atoms with E-state index >= 15 is 0 Å². The van der Waals surface area contributed by atoms with Gasteiger partial charge in [-0.25, -0.2) is 9.98 Å². The molecule has 0 radical (unpaired) electrons. The highest BCUT2D eigenvalue weighted by Crippen LogP contribution is 2.42. The molecule has 1 aromatic carbocycles. The summed E-state index contributed by atoms with van der Waals surface area (Å²) in [6, 6.07) is 7.93. The summed E-state index contributed by atoms with van der Waals surface area (Å²) >= 11 is 0. The number of aromatic amines is 1. The Bertz CT molecular complexity index is 786.